The summed E-state index contributed by atoms with van der Waals surface area (Å²) in [5.74, 6) is 0.563. The van der Waals surface area contributed by atoms with Gasteiger partial charge in [-0.2, -0.15) is 5.10 Å². The highest BCUT2D eigenvalue weighted by Gasteiger charge is 2.30. The normalized spacial score (nSPS) is 29.6. The summed E-state index contributed by atoms with van der Waals surface area (Å²) >= 11 is 0. The van der Waals surface area contributed by atoms with Gasteiger partial charge in [0, 0.05) is 25.4 Å². The number of amides is 2. The molecule has 2 amide bonds. The van der Waals surface area contributed by atoms with Gasteiger partial charge in [-0.05, 0) is 25.7 Å². The standard InChI is InChI=1S/C12H19N3O2/c1-8-5-6-15(9(2)7-8)12(17)10-3-4-11(16)14-13-10/h8-9H,3-7H2,1-2H3,(H,14,16). The number of hydrogen-bond acceptors (Lipinski definition) is 3. The first kappa shape index (κ1) is 12.1. The average molecular weight is 237 g/mol. The molecule has 0 bridgehead atoms. The van der Waals surface area contributed by atoms with Crippen LogP contribution in [0.15, 0.2) is 5.10 Å². The van der Waals surface area contributed by atoms with Gasteiger partial charge in [0.2, 0.25) is 5.91 Å². The Hall–Kier alpha value is -1.39. The van der Waals surface area contributed by atoms with Gasteiger partial charge < -0.3 is 4.90 Å². The van der Waals surface area contributed by atoms with Crippen molar-refractivity contribution in [3.63, 3.8) is 0 Å². The molecule has 0 aliphatic carbocycles. The van der Waals surface area contributed by atoms with Crippen molar-refractivity contribution in [3.8, 4) is 0 Å². The SMILES string of the molecule is CC1CCN(C(=O)C2=NNC(=O)CC2)C(C)C1. The van der Waals surface area contributed by atoms with Gasteiger partial charge >= 0.3 is 0 Å². The molecule has 0 radical (unpaired) electrons. The molecule has 1 saturated heterocycles. The number of likely N-dealkylation sites (tertiary alicyclic amines) is 1. The third-order valence-electron chi connectivity index (χ3n) is 3.55. The smallest absolute Gasteiger partial charge is 0.270 e. The fraction of sp³-hybridized carbons (Fsp3) is 0.750. The van der Waals surface area contributed by atoms with Crippen molar-refractivity contribution in [2.24, 2.45) is 11.0 Å². The second-order valence-electron chi connectivity index (χ2n) is 5.07. The monoisotopic (exact) mass is 237 g/mol. The van der Waals surface area contributed by atoms with Crippen molar-refractivity contribution < 1.29 is 9.59 Å². The van der Waals surface area contributed by atoms with Crippen LogP contribution in [0, 0.1) is 5.92 Å². The van der Waals surface area contributed by atoms with Crippen LogP contribution in [-0.4, -0.2) is 35.0 Å². The fourth-order valence-corrected chi connectivity index (χ4v) is 2.50. The lowest BCUT2D eigenvalue weighted by atomic mass is 9.93. The zero-order chi connectivity index (χ0) is 12.4. The van der Waals surface area contributed by atoms with E-state index in [1.165, 1.54) is 0 Å². The molecule has 2 rings (SSSR count). The molecule has 2 atom stereocenters. The van der Waals surface area contributed by atoms with Gasteiger partial charge in [-0.1, -0.05) is 6.92 Å². The van der Waals surface area contributed by atoms with E-state index < -0.39 is 0 Å². The van der Waals surface area contributed by atoms with E-state index in [1.807, 2.05) is 4.90 Å². The van der Waals surface area contributed by atoms with Crippen LogP contribution in [0.4, 0.5) is 0 Å². The average Bonchev–Trinajstić information content (AvgIpc) is 2.29. The Labute approximate surface area is 101 Å². The maximum Gasteiger partial charge on any atom is 0.270 e. The Kier molecular flexibility index (Phi) is 3.45. The summed E-state index contributed by atoms with van der Waals surface area (Å²) in [6.07, 6.45) is 2.92. The summed E-state index contributed by atoms with van der Waals surface area (Å²) in [5, 5.41) is 3.86. The molecule has 0 aromatic rings. The van der Waals surface area contributed by atoms with Gasteiger partial charge in [-0.25, -0.2) is 5.43 Å². The minimum Gasteiger partial charge on any atom is -0.335 e. The second-order valence-corrected chi connectivity index (χ2v) is 5.07. The van der Waals surface area contributed by atoms with Crippen molar-refractivity contribution in [3.05, 3.63) is 0 Å². The van der Waals surface area contributed by atoms with Gasteiger partial charge in [-0.3, -0.25) is 9.59 Å². The topological polar surface area (TPSA) is 61.8 Å². The van der Waals surface area contributed by atoms with Crippen molar-refractivity contribution in [1.29, 1.82) is 0 Å². The third kappa shape index (κ3) is 2.65. The Morgan fingerprint density at radius 1 is 1.41 bits per heavy atom. The van der Waals surface area contributed by atoms with Crippen molar-refractivity contribution in [2.75, 3.05) is 6.54 Å². The molecule has 2 aliphatic rings. The first-order valence-corrected chi connectivity index (χ1v) is 6.24. The van der Waals surface area contributed by atoms with Crippen LogP contribution in [0.3, 0.4) is 0 Å². The maximum atomic E-state index is 12.2. The first-order valence-electron chi connectivity index (χ1n) is 6.24. The molecule has 1 fully saturated rings. The van der Waals surface area contributed by atoms with E-state index in [0.717, 1.165) is 19.4 Å². The second kappa shape index (κ2) is 4.85. The van der Waals surface area contributed by atoms with Crippen LogP contribution >= 0.6 is 0 Å². The van der Waals surface area contributed by atoms with Gasteiger partial charge in [0.15, 0.2) is 0 Å². The quantitative estimate of drug-likeness (QED) is 0.736. The van der Waals surface area contributed by atoms with E-state index in [4.69, 9.17) is 0 Å². The summed E-state index contributed by atoms with van der Waals surface area (Å²) in [6.45, 7) is 5.10. The van der Waals surface area contributed by atoms with Crippen LogP contribution in [0.2, 0.25) is 0 Å². The number of carbonyl (C=O) groups excluding carboxylic acids is 2. The predicted octanol–water partition coefficient (Wildman–Crippen LogP) is 0.899. The fourth-order valence-electron chi connectivity index (χ4n) is 2.50. The summed E-state index contributed by atoms with van der Waals surface area (Å²) in [4.78, 5) is 25.1. The van der Waals surface area contributed by atoms with Crippen LogP contribution < -0.4 is 5.43 Å². The number of hydrazone groups is 1. The van der Waals surface area contributed by atoms with E-state index in [1.54, 1.807) is 0 Å². The Morgan fingerprint density at radius 2 is 2.18 bits per heavy atom. The molecular formula is C12H19N3O2. The Morgan fingerprint density at radius 3 is 2.76 bits per heavy atom. The van der Waals surface area contributed by atoms with Crippen LogP contribution in [-0.2, 0) is 9.59 Å². The molecule has 5 heteroatoms. The highest BCUT2D eigenvalue weighted by atomic mass is 16.2. The molecule has 2 unspecified atom stereocenters. The van der Waals surface area contributed by atoms with E-state index >= 15 is 0 Å². The molecule has 0 aromatic carbocycles. The molecule has 0 aromatic heterocycles. The van der Waals surface area contributed by atoms with Crippen molar-refractivity contribution in [2.45, 2.75) is 45.6 Å². The van der Waals surface area contributed by atoms with Gasteiger partial charge in [0.25, 0.3) is 5.91 Å². The molecule has 1 N–H and O–H groups in total. The Bertz CT molecular complexity index is 365. The molecule has 17 heavy (non-hydrogen) atoms. The molecule has 2 aliphatic heterocycles. The van der Waals surface area contributed by atoms with Crippen LogP contribution in [0.1, 0.15) is 39.5 Å². The zero-order valence-electron chi connectivity index (χ0n) is 10.4. The van der Waals surface area contributed by atoms with Crippen molar-refractivity contribution >= 4 is 17.5 Å². The molecule has 94 valence electrons. The summed E-state index contributed by atoms with van der Waals surface area (Å²) < 4.78 is 0. The zero-order valence-corrected chi connectivity index (χ0v) is 10.4. The van der Waals surface area contributed by atoms with Gasteiger partial charge in [-0.15, -0.1) is 0 Å². The number of carbonyl (C=O) groups is 2. The lowest BCUT2D eigenvalue weighted by molar-refractivity contribution is -0.128. The third-order valence-corrected chi connectivity index (χ3v) is 3.55. The summed E-state index contributed by atoms with van der Waals surface area (Å²) in [5.41, 5.74) is 2.87. The number of nitrogens with one attached hydrogen (secondary N) is 1. The molecule has 0 saturated carbocycles. The number of hydrogen-bond donors (Lipinski definition) is 1. The largest absolute Gasteiger partial charge is 0.335 e. The highest BCUT2D eigenvalue weighted by molar-refractivity contribution is 6.39. The summed E-state index contributed by atoms with van der Waals surface area (Å²) in [6, 6.07) is 0.270. The van der Waals surface area contributed by atoms with E-state index in [0.29, 0.717) is 24.5 Å². The van der Waals surface area contributed by atoms with E-state index in [9.17, 15) is 9.59 Å². The van der Waals surface area contributed by atoms with Gasteiger partial charge in [0.05, 0.1) is 0 Å². The summed E-state index contributed by atoms with van der Waals surface area (Å²) in [7, 11) is 0. The lowest BCUT2D eigenvalue weighted by Crippen LogP contribution is -2.48. The van der Waals surface area contributed by atoms with Gasteiger partial charge in [0.1, 0.15) is 5.71 Å². The predicted molar refractivity (Wildman–Crippen MR) is 64.4 cm³/mol. The highest BCUT2D eigenvalue weighted by Crippen LogP contribution is 2.22. The number of nitrogens with zero attached hydrogens (tertiary/aromatic N) is 2. The molecule has 5 nitrogen and oxygen atoms in total. The van der Waals surface area contributed by atoms with Crippen molar-refractivity contribution in [1.82, 2.24) is 10.3 Å². The molecule has 0 spiro atoms. The number of rotatable bonds is 1. The van der Waals surface area contributed by atoms with Crippen LogP contribution in [0.25, 0.3) is 0 Å². The van der Waals surface area contributed by atoms with Crippen LogP contribution in [0.5, 0.6) is 0 Å². The molecular weight excluding hydrogens is 218 g/mol. The molecule has 2 heterocycles. The maximum absolute atomic E-state index is 12.2. The van der Waals surface area contributed by atoms with E-state index in [-0.39, 0.29) is 17.9 Å². The number of piperidine rings is 1. The van der Waals surface area contributed by atoms with E-state index in [2.05, 4.69) is 24.4 Å². The minimum absolute atomic E-state index is 0.00981. The lowest BCUT2D eigenvalue weighted by Gasteiger charge is -2.36. The minimum atomic E-state index is -0.109. The first-order chi connectivity index (χ1) is 8.08. The Balaban J connectivity index is 2.02.